The molecule has 2 aromatic carbocycles. The van der Waals surface area contributed by atoms with E-state index in [4.69, 9.17) is 9.47 Å². The predicted molar refractivity (Wildman–Crippen MR) is 109 cm³/mol. The number of anilines is 1. The normalized spacial score (nSPS) is 10.2. The number of carbonyl (C=O) groups excluding carboxylic acids is 2. The van der Waals surface area contributed by atoms with Crippen LogP contribution in [0.25, 0.3) is 0 Å². The van der Waals surface area contributed by atoms with Gasteiger partial charge in [-0.1, -0.05) is 6.07 Å². The van der Waals surface area contributed by atoms with E-state index in [0.717, 1.165) is 5.69 Å². The SMILES string of the molecule is COc1cc(C(=O)NCc2ccccn2)ccc1OCC(=O)Nc1ccc(F)cc1. The smallest absolute Gasteiger partial charge is 0.262 e. The number of methoxy groups -OCH3 is 1. The van der Waals surface area contributed by atoms with Crippen LogP contribution in [0.3, 0.4) is 0 Å². The summed E-state index contributed by atoms with van der Waals surface area (Å²) in [5.74, 6) is -0.471. The van der Waals surface area contributed by atoms with E-state index in [0.29, 0.717) is 29.3 Å². The first kappa shape index (κ1) is 20.8. The van der Waals surface area contributed by atoms with Crippen molar-refractivity contribution >= 4 is 17.5 Å². The third-order valence-electron chi connectivity index (χ3n) is 4.07. The third kappa shape index (κ3) is 5.78. The molecule has 0 saturated heterocycles. The molecule has 7 nitrogen and oxygen atoms in total. The summed E-state index contributed by atoms with van der Waals surface area (Å²) in [5, 5.41) is 5.38. The van der Waals surface area contributed by atoms with Crippen LogP contribution in [0.1, 0.15) is 16.1 Å². The molecule has 8 heteroatoms. The molecule has 1 aromatic heterocycles. The Morgan fingerprint density at radius 3 is 2.53 bits per heavy atom. The molecule has 30 heavy (non-hydrogen) atoms. The summed E-state index contributed by atoms with van der Waals surface area (Å²) in [6.07, 6.45) is 1.66. The Kier molecular flexibility index (Phi) is 6.94. The number of hydrogen-bond acceptors (Lipinski definition) is 5. The van der Waals surface area contributed by atoms with Crippen LogP contribution in [-0.2, 0) is 11.3 Å². The molecule has 2 amide bonds. The fourth-order valence-corrected chi connectivity index (χ4v) is 2.58. The Morgan fingerprint density at radius 1 is 1.03 bits per heavy atom. The molecule has 3 aromatic rings. The average Bonchev–Trinajstić information content (AvgIpc) is 2.78. The number of nitrogens with one attached hydrogen (secondary N) is 2. The van der Waals surface area contributed by atoms with Crippen molar-refractivity contribution in [2.24, 2.45) is 0 Å². The van der Waals surface area contributed by atoms with Gasteiger partial charge in [-0.15, -0.1) is 0 Å². The van der Waals surface area contributed by atoms with Crippen LogP contribution in [0.15, 0.2) is 66.9 Å². The number of aromatic nitrogens is 1. The first-order valence-electron chi connectivity index (χ1n) is 9.09. The molecular weight excluding hydrogens is 389 g/mol. The predicted octanol–water partition coefficient (Wildman–Crippen LogP) is 3.18. The molecule has 0 bridgehead atoms. The van der Waals surface area contributed by atoms with Gasteiger partial charge in [-0.25, -0.2) is 4.39 Å². The van der Waals surface area contributed by atoms with E-state index in [1.165, 1.54) is 37.4 Å². The van der Waals surface area contributed by atoms with Crippen LogP contribution >= 0.6 is 0 Å². The lowest BCUT2D eigenvalue weighted by Gasteiger charge is -2.12. The highest BCUT2D eigenvalue weighted by Gasteiger charge is 2.13. The van der Waals surface area contributed by atoms with Crippen molar-refractivity contribution in [3.05, 3.63) is 83.9 Å². The summed E-state index contributed by atoms with van der Waals surface area (Å²) in [7, 11) is 1.44. The van der Waals surface area contributed by atoms with Gasteiger partial charge in [0.15, 0.2) is 18.1 Å². The fraction of sp³-hybridized carbons (Fsp3) is 0.136. The Hall–Kier alpha value is -3.94. The molecule has 0 atom stereocenters. The molecule has 3 rings (SSSR count). The molecule has 1 heterocycles. The van der Waals surface area contributed by atoms with Gasteiger partial charge in [0.2, 0.25) is 0 Å². The number of amides is 2. The largest absolute Gasteiger partial charge is 0.493 e. The highest BCUT2D eigenvalue weighted by atomic mass is 19.1. The van der Waals surface area contributed by atoms with Crippen molar-refractivity contribution in [2.45, 2.75) is 6.54 Å². The molecular formula is C22H20FN3O4. The van der Waals surface area contributed by atoms with Crippen LogP contribution in [0.5, 0.6) is 11.5 Å². The quantitative estimate of drug-likeness (QED) is 0.597. The zero-order valence-corrected chi connectivity index (χ0v) is 16.2. The fourth-order valence-electron chi connectivity index (χ4n) is 2.58. The number of benzene rings is 2. The van der Waals surface area contributed by atoms with Gasteiger partial charge >= 0.3 is 0 Å². The van der Waals surface area contributed by atoms with Crippen LogP contribution in [0, 0.1) is 5.82 Å². The van der Waals surface area contributed by atoms with Crippen molar-refractivity contribution in [3.8, 4) is 11.5 Å². The van der Waals surface area contributed by atoms with E-state index in [9.17, 15) is 14.0 Å². The molecule has 0 spiro atoms. The molecule has 0 radical (unpaired) electrons. The minimum atomic E-state index is -0.416. The second-order valence-electron chi connectivity index (χ2n) is 6.21. The lowest BCUT2D eigenvalue weighted by Crippen LogP contribution is -2.23. The van der Waals surface area contributed by atoms with E-state index in [1.54, 1.807) is 24.4 Å². The van der Waals surface area contributed by atoms with Gasteiger partial charge in [-0.3, -0.25) is 14.6 Å². The molecule has 154 valence electrons. The number of halogens is 1. The van der Waals surface area contributed by atoms with Gasteiger partial charge in [0.25, 0.3) is 11.8 Å². The Morgan fingerprint density at radius 2 is 1.83 bits per heavy atom. The molecule has 0 aliphatic heterocycles. The lowest BCUT2D eigenvalue weighted by molar-refractivity contribution is -0.118. The van der Waals surface area contributed by atoms with Crippen molar-refractivity contribution in [2.75, 3.05) is 19.0 Å². The van der Waals surface area contributed by atoms with Crippen molar-refractivity contribution in [1.82, 2.24) is 10.3 Å². The van der Waals surface area contributed by atoms with Gasteiger partial charge in [0.1, 0.15) is 5.82 Å². The average molecular weight is 409 g/mol. The molecule has 0 aliphatic rings. The van der Waals surface area contributed by atoms with Gasteiger partial charge in [-0.2, -0.15) is 0 Å². The first-order chi connectivity index (χ1) is 14.5. The Labute approximate surface area is 172 Å². The molecule has 0 unspecified atom stereocenters. The van der Waals surface area contributed by atoms with Crippen LogP contribution < -0.4 is 20.1 Å². The maximum atomic E-state index is 12.9. The van der Waals surface area contributed by atoms with Crippen molar-refractivity contribution in [1.29, 1.82) is 0 Å². The second kappa shape index (κ2) is 10.0. The number of pyridine rings is 1. The standard InChI is InChI=1S/C22H20FN3O4/c1-29-20-12-15(22(28)25-13-18-4-2-3-11-24-18)5-10-19(20)30-14-21(27)26-17-8-6-16(23)7-9-17/h2-12H,13-14H2,1H3,(H,25,28)(H,26,27). The number of hydrogen-bond donors (Lipinski definition) is 2. The number of nitrogens with zero attached hydrogens (tertiary/aromatic N) is 1. The Bertz CT molecular complexity index is 1010. The summed E-state index contributed by atoms with van der Waals surface area (Å²) >= 11 is 0. The number of ether oxygens (including phenoxy) is 2. The molecule has 0 saturated carbocycles. The highest BCUT2D eigenvalue weighted by molar-refractivity contribution is 5.95. The zero-order valence-electron chi connectivity index (χ0n) is 16.2. The number of rotatable bonds is 8. The van der Waals surface area contributed by atoms with Gasteiger partial charge in [-0.05, 0) is 54.6 Å². The third-order valence-corrected chi connectivity index (χ3v) is 4.07. The van der Waals surface area contributed by atoms with Crippen LogP contribution in [0.2, 0.25) is 0 Å². The lowest BCUT2D eigenvalue weighted by atomic mass is 10.2. The topological polar surface area (TPSA) is 89.6 Å². The van der Waals surface area contributed by atoms with E-state index < -0.39 is 11.7 Å². The van der Waals surface area contributed by atoms with Gasteiger partial charge in [0.05, 0.1) is 19.3 Å². The summed E-state index contributed by atoms with van der Waals surface area (Å²) in [6.45, 7) is 0.0166. The minimum Gasteiger partial charge on any atom is -0.493 e. The van der Waals surface area contributed by atoms with Crippen molar-refractivity contribution in [3.63, 3.8) is 0 Å². The summed E-state index contributed by atoms with van der Waals surface area (Å²) in [5.41, 5.74) is 1.58. The Balaban J connectivity index is 1.57. The molecule has 0 aliphatic carbocycles. The van der Waals surface area contributed by atoms with Crippen molar-refractivity contribution < 1.29 is 23.5 Å². The van der Waals surface area contributed by atoms with E-state index >= 15 is 0 Å². The summed E-state index contributed by atoms with van der Waals surface area (Å²) in [6, 6.07) is 15.5. The van der Waals surface area contributed by atoms with E-state index in [-0.39, 0.29) is 12.5 Å². The number of carbonyl (C=O) groups is 2. The monoisotopic (exact) mass is 409 g/mol. The van der Waals surface area contributed by atoms with Gasteiger partial charge < -0.3 is 20.1 Å². The molecule has 0 fully saturated rings. The summed E-state index contributed by atoms with van der Waals surface area (Å²) < 4.78 is 23.7. The van der Waals surface area contributed by atoms with E-state index in [2.05, 4.69) is 15.6 Å². The summed E-state index contributed by atoms with van der Waals surface area (Å²) in [4.78, 5) is 28.5. The van der Waals surface area contributed by atoms with E-state index in [1.807, 2.05) is 12.1 Å². The minimum absolute atomic E-state index is 0.279. The zero-order chi connectivity index (χ0) is 21.3. The maximum Gasteiger partial charge on any atom is 0.262 e. The van der Waals surface area contributed by atoms with Crippen LogP contribution in [-0.4, -0.2) is 30.5 Å². The maximum absolute atomic E-state index is 12.9. The first-order valence-corrected chi connectivity index (χ1v) is 9.09. The van der Waals surface area contributed by atoms with Crippen LogP contribution in [0.4, 0.5) is 10.1 Å². The second-order valence-corrected chi connectivity index (χ2v) is 6.21. The molecule has 2 N–H and O–H groups in total. The highest BCUT2D eigenvalue weighted by Crippen LogP contribution is 2.28. The van der Waals surface area contributed by atoms with Gasteiger partial charge in [0, 0.05) is 17.4 Å².